The molecular weight excluding hydrogens is 438 g/mol. The highest BCUT2D eigenvalue weighted by atomic mass is 32.2. The predicted molar refractivity (Wildman–Crippen MR) is 128 cm³/mol. The van der Waals surface area contributed by atoms with Crippen LogP contribution in [0.25, 0.3) is 22.4 Å². The third-order valence-corrected chi connectivity index (χ3v) is 6.19. The SMILES string of the molecule is CC(C)[C@H](C)NC(=O)CSc1nnc(-c2nn(Cc3ccccc3)c(=O)c3ccccc23)o1. The lowest BCUT2D eigenvalue weighted by Gasteiger charge is -2.16. The fourth-order valence-electron chi connectivity index (χ4n) is 3.21. The van der Waals surface area contributed by atoms with Gasteiger partial charge >= 0.3 is 0 Å². The third-order valence-electron chi connectivity index (χ3n) is 5.37. The first-order valence-corrected chi connectivity index (χ1v) is 11.7. The molecule has 33 heavy (non-hydrogen) atoms. The van der Waals surface area contributed by atoms with E-state index in [1.807, 2.05) is 55.5 Å². The van der Waals surface area contributed by atoms with Gasteiger partial charge in [0.1, 0.15) is 0 Å². The lowest BCUT2D eigenvalue weighted by atomic mass is 10.1. The summed E-state index contributed by atoms with van der Waals surface area (Å²) in [7, 11) is 0. The van der Waals surface area contributed by atoms with Crippen molar-refractivity contribution in [3.8, 4) is 11.6 Å². The van der Waals surface area contributed by atoms with Gasteiger partial charge in [0.25, 0.3) is 16.7 Å². The minimum Gasteiger partial charge on any atom is -0.409 e. The molecule has 0 aliphatic rings. The Morgan fingerprint density at radius 3 is 2.45 bits per heavy atom. The van der Waals surface area contributed by atoms with E-state index in [0.717, 1.165) is 17.3 Å². The molecule has 1 N–H and O–H groups in total. The zero-order valence-corrected chi connectivity index (χ0v) is 19.5. The predicted octanol–water partition coefficient (Wildman–Crippen LogP) is 3.75. The van der Waals surface area contributed by atoms with Crippen molar-refractivity contribution in [2.24, 2.45) is 5.92 Å². The van der Waals surface area contributed by atoms with E-state index in [9.17, 15) is 9.59 Å². The van der Waals surface area contributed by atoms with E-state index in [0.29, 0.717) is 28.9 Å². The summed E-state index contributed by atoms with van der Waals surface area (Å²) in [6.45, 7) is 6.40. The van der Waals surface area contributed by atoms with E-state index in [1.54, 1.807) is 6.07 Å². The molecule has 0 fully saturated rings. The normalized spacial score (nSPS) is 12.2. The summed E-state index contributed by atoms with van der Waals surface area (Å²) < 4.78 is 7.22. The number of rotatable bonds is 8. The fraction of sp³-hybridized carbons (Fsp3) is 0.292. The molecule has 0 bridgehead atoms. The maximum atomic E-state index is 13.0. The van der Waals surface area contributed by atoms with Crippen molar-refractivity contribution in [2.45, 2.75) is 38.6 Å². The number of carbonyl (C=O) groups is 1. The number of amides is 1. The number of nitrogens with zero attached hydrogens (tertiary/aromatic N) is 4. The van der Waals surface area contributed by atoms with Gasteiger partial charge in [0, 0.05) is 11.4 Å². The lowest BCUT2D eigenvalue weighted by molar-refractivity contribution is -0.119. The number of carbonyl (C=O) groups excluding carboxylic acids is 1. The molecule has 2 aromatic carbocycles. The molecule has 2 aromatic heterocycles. The monoisotopic (exact) mass is 463 g/mol. The Bertz CT molecular complexity index is 1320. The summed E-state index contributed by atoms with van der Waals surface area (Å²) in [6.07, 6.45) is 0. The van der Waals surface area contributed by atoms with E-state index in [4.69, 9.17) is 4.42 Å². The number of hydrogen-bond donors (Lipinski definition) is 1. The largest absolute Gasteiger partial charge is 0.409 e. The van der Waals surface area contributed by atoms with Crippen molar-refractivity contribution >= 4 is 28.4 Å². The Morgan fingerprint density at radius 1 is 1.03 bits per heavy atom. The average molecular weight is 464 g/mol. The van der Waals surface area contributed by atoms with E-state index < -0.39 is 0 Å². The molecule has 0 unspecified atom stereocenters. The van der Waals surface area contributed by atoms with Gasteiger partial charge in [0.2, 0.25) is 5.91 Å². The van der Waals surface area contributed by atoms with Gasteiger partial charge in [-0.05, 0) is 24.5 Å². The molecule has 0 aliphatic heterocycles. The first-order valence-electron chi connectivity index (χ1n) is 10.7. The molecule has 1 amide bonds. The first kappa shape index (κ1) is 22.7. The van der Waals surface area contributed by atoms with Crippen LogP contribution in [-0.4, -0.2) is 37.7 Å². The van der Waals surface area contributed by atoms with Crippen LogP contribution in [0.1, 0.15) is 26.3 Å². The number of benzene rings is 2. The zero-order chi connectivity index (χ0) is 23.4. The van der Waals surface area contributed by atoms with E-state index in [-0.39, 0.29) is 34.4 Å². The van der Waals surface area contributed by atoms with Gasteiger partial charge in [-0.1, -0.05) is 74.1 Å². The van der Waals surface area contributed by atoms with Crippen molar-refractivity contribution in [1.82, 2.24) is 25.3 Å². The Labute approximate surface area is 195 Å². The van der Waals surface area contributed by atoms with Crippen LogP contribution < -0.4 is 10.9 Å². The average Bonchev–Trinajstić information content (AvgIpc) is 3.29. The van der Waals surface area contributed by atoms with Crippen LogP contribution in [0.2, 0.25) is 0 Å². The number of hydrogen-bond acceptors (Lipinski definition) is 7. The molecule has 0 radical (unpaired) electrons. The summed E-state index contributed by atoms with van der Waals surface area (Å²) in [4.78, 5) is 25.2. The van der Waals surface area contributed by atoms with Crippen LogP contribution in [0.3, 0.4) is 0 Å². The molecule has 0 spiro atoms. The van der Waals surface area contributed by atoms with Crippen LogP contribution in [0.4, 0.5) is 0 Å². The Balaban J connectivity index is 1.61. The highest BCUT2D eigenvalue weighted by Crippen LogP contribution is 2.26. The smallest absolute Gasteiger partial charge is 0.277 e. The van der Waals surface area contributed by atoms with Gasteiger partial charge in [-0.2, -0.15) is 5.10 Å². The second-order valence-electron chi connectivity index (χ2n) is 8.10. The summed E-state index contributed by atoms with van der Waals surface area (Å²) in [5, 5.41) is 17.1. The van der Waals surface area contributed by atoms with Crippen molar-refractivity contribution in [3.63, 3.8) is 0 Å². The van der Waals surface area contributed by atoms with Gasteiger partial charge in [0.05, 0.1) is 17.7 Å². The number of aromatic nitrogens is 4. The van der Waals surface area contributed by atoms with Gasteiger partial charge in [-0.3, -0.25) is 9.59 Å². The molecule has 0 saturated heterocycles. The molecule has 0 saturated carbocycles. The Morgan fingerprint density at radius 2 is 1.73 bits per heavy atom. The van der Waals surface area contributed by atoms with E-state index in [1.165, 1.54) is 4.68 Å². The molecule has 4 rings (SSSR count). The highest BCUT2D eigenvalue weighted by Gasteiger charge is 2.19. The second kappa shape index (κ2) is 9.99. The molecule has 0 aliphatic carbocycles. The Kier molecular flexibility index (Phi) is 6.88. The van der Waals surface area contributed by atoms with Crippen LogP contribution >= 0.6 is 11.8 Å². The van der Waals surface area contributed by atoms with Crippen molar-refractivity contribution in [3.05, 3.63) is 70.5 Å². The van der Waals surface area contributed by atoms with Gasteiger partial charge < -0.3 is 9.73 Å². The standard InChI is InChI=1S/C24H25N5O3S/c1-15(2)16(3)25-20(30)14-33-24-27-26-22(32-24)21-18-11-7-8-12-19(18)23(31)29(28-21)13-17-9-5-4-6-10-17/h4-12,15-16H,13-14H2,1-3H3,(H,25,30)/t16-/m0/s1. The molecule has 170 valence electrons. The van der Waals surface area contributed by atoms with Crippen molar-refractivity contribution in [2.75, 3.05) is 5.75 Å². The molecule has 8 nitrogen and oxygen atoms in total. The summed E-state index contributed by atoms with van der Waals surface area (Å²) in [6, 6.07) is 16.9. The summed E-state index contributed by atoms with van der Waals surface area (Å²) in [5.41, 5.74) is 1.19. The van der Waals surface area contributed by atoms with Crippen molar-refractivity contribution in [1.29, 1.82) is 0 Å². The van der Waals surface area contributed by atoms with E-state index >= 15 is 0 Å². The molecule has 2 heterocycles. The summed E-state index contributed by atoms with van der Waals surface area (Å²) in [5.74, 6) is 0.618. The Hall–Kier alpha value is -3.46. The zero-order valence-electron chi connectivity index (χ0n) is 18.7. The topological polar surface area (TPSA) is 103 Å². The number of thioether (sulfide) groups is 1. The van der Waals surface area contributed by atoms with Crippen LogP contribution in [-0.2, 0) is 11.3 Å². The molecule has 9 heteroatoms. The summed E-state index contributed by atoms with van der Waals surface area (Å²) >= 11 is 1.16. The highest BCUT2D eigenvalue weighted by molar-refractivity contribution is 7.99. The van der Waals surface area contributed by atoms with Crippen LogP contribution in [0, 0.1) is 5.92 Å². The van der Waals surface area contributed by atoms with Crippen LogP contribution in [0.5, 0.6) is 0 Å². The maximum Gasteiger partial charge on any atom is 0.277 e. The first-order chi connectivity index (χ1) is 15.9. The van der Waals surface area contributed by atoms with Crippen molar-refractivity contribution < 1.29 is 9.21 Å². The minimum absolute atomic E-state index is 0.0811. The van der Waals surface area contributed by atoms with Crippen LogP contribution in [0.15, 0.2) is 69.0 Å². The maximum absolute atomic E-state index is 13.0. The van der Waals surface area contributed by atoms with E-state index in [2.05, 4.69) is 34.5 Å². The molecule has 4 aromatic rings. The number of nitrogens with one attached hydrogen (secondary N) is 1. The van der Waals surface area contributed by atoms with Gasteiger partial charge in [-0.25, -0.2) is 4.68 Å². The quantitative estimate of drug-likeness (QED) is 0.397. The molecule has 1 atom stereocenters. The third kappa shape index (κ3) is 5.31. The number of fused-ring (bicyclic) bond motifs is 1. The van der Waals surface area contributed by atoms with Gasteiger partial charge in [-0.15, -0.1) is 10.2 Å². The minimum atomic E-state index is -0.191. The molecular formula is C24H25N5O3S. The van der Waals surface area contributed by atoms with Gasteiger partial charge in [0.15, 0.2) is 5.69 Å². The second-order valence-corrected chi connectivity index (χ2v) is 9.03. The lowest BCUT2D eigenvalue weighted by Crippen LogP contribution is -2.37. The fourth-order valence-corrected chi connectivity index (χ4v) is 3.78.